The number of esters is 3. The lowest BCUT2D eigenvalue weighted by atomic mass is 9.73. The Kier molecular flexibility index (Phi) is 5.62. The molecule has 0 radical (unpaired) electrons. The second-order valence-corrected chi connectivity index (χ2v) is 10.1. The zero-order valence-electron chi connectivity index (χ0n) is 18.5. The first-order valence-electron chi connectivity index (χ1n) is 11.5. The van der Waals surface area contributed by atoms with Gasteiger partial charge in [0.1, 0.15) is 12.2 Å². The first-order chi connectivity index (χ1) is 14.2. The maximum Gasteiger partial charge on any atom is 0.326 e. The summed E-state index contributed by atoms with van der Waals surface area (Å²) < 4.78 is 22.9. The van der Waals surface area contributed by atoms with Crippen molar-refractivity contribution in [2.45, 2.75) is 104 Å². The van der Waals surface area contributed by atoms with Crippen molar-refractivity contribution in [2.75, 3.05) is 0 Å². The summed E-state index contributed by atoms with van der Waals surface area (Å²) in [5, 5.41) is 0. The van der Waals surface area contributed by atoms with E-state index in [2.05, 4.69) is 0 Å². The quantitative estimate of drug-likeness (QED) is 0.268. The van der Waals surface area contributed by atoms with Gasteiger partial charge in [-0.15, -0.1) is 0 Å². The molecule has 4 fully saturated rings. The molecule has 0 aromatic carbocycles. The van der Waals surface area contributed by atoms with Gasteiger partial charge in [0, 0.05) is 11.8 Å². The third-order valence-corrected chi connectivity index (χ3v) is 7.82. The van der Waals surface area contributed by atoms with E-state index >= 15 is 0 Å². The smallest absolute Gasteiger partial charge is 0.326 e. The van der Waals surface area contributed by atoms with Gasteiger partial charge in [-0.05, 0) is 52.9 Å². The lowest BCUT2D eigenvalue weighted by Gasteiger charge is -2.33. The number of fused-ring (bicyclic) bond motifs is 1. The van der Waals surface area contributed by atoms with E-state index < -0.39 is 41.3 Å². The SMILES string of the molecule is CCC(C)(C)C(=O)OC1C2CC3C1OC(=O)C3(C(=O)OC(C)OC1CCCCC1)C2. The topological polar surface area (TPSA) is 88.1 Å². The van der Waals surface area contributed by atoms with Gasteiger partial charge in [-0.3, -0.25) is 14.4 Å². The van der Waals surface area contributed by atoms with Gasteiger partial charge in [-0.25, -0.2) is 0 Å². The lowest BCUT2D eigenvalue weighted by molar-refractivity contribution is -0.200. The molecule has 0 amide bonds. The lowest BCUT2D eigenvalue weighted by Crippen LogP contribution is -2.47. The molecule has 3 aliphatic carbocycles. The van der Waals surface area contributed by atoms with Gasteiger partial charge in [-0.2, -0.15) is 0 Å². The highest BCUT2D eigenvalue weighted by Crippen LogP contribution is 2.63. The minimum atomic E-state index is -1.28. The van der Waals surface area contributed by atoms with Crippen LogP contribution in [0.5, 0.6) is 0 Å². The largest absolute Gasteiger partial charge is 0.458 e. The second kappa shape index (κ2) is 7.81. The number of rotatable bonds is 7. The molecule has 7 nitrogen and oxygen atoms in total. The highest BCUT2D eigenvalue weighted by Gasteiger charge is 2.75. The van der Waals surface area contributed by atoms with E-state index in [1.807, 2.05) is 20.8 Å². The third-order valence-electron chi connectivity index (χ3n) is 7.82. The first-order valence-corrected chi connectivity index (χ1v) is 11.5. The summed E-state index contributed by atoms with van der Waals surface area (Å²) in [5.74, 6) is -1.74. The van der Waals surface area contributed by atoms with Crippen LogP contribution in [-0.4, -0.2) is 42.5 Å². The van der Waals surface area contributed by atoms with E-state index in [1.54, 1.807) is 6.92 Å². The minimum absolute atomic E-state index is 0.0647. The zero-order valence-corrected chi connectivity index (χ0v) is 18.5. The summed E-state index contributed by atoms with van der Waals surface area (Å²) in [6, 6.07) is 0. The van der Waals surface area contributed by atoms with Gasteiger partial charge in [0.25, 0.3) is 0 Å². The molecule has 30 heavy (non-hydrogen) atoms. The standard InChI is InChI=1S/C23H34O7/c1-5-22(3,4)19(24)29-17-14-11-16-18(17)30-21(26)23(16,12-14)20(25)28-13(2)27-15-9-7-6-8-10-15/h13-18H,5-12H2,1-4H3. The number of hydrogen-bond donors (Lipinski definition) is 0. The van der Waals surface area contributed by atoms with Crippen molar-refractivity contribution in [2.24, 2.45) is 22.7 Å². The maximum absolute atomic E-state index is 13.1. The molecule has 3 saturated carbocycles. The molecule has 6 atom stereocenters. The Labute approximate surface area is 178 Å². The number of carbonyl (C=O) groups excluding carboxylic acids is 3. The van der Waals surface area contributed by atoms with E-state index in [-0.39, 0.29) is 23.9 Å². The fourth-order valence-electron chi connectivity index (χ4n) is 5.61. The molecule has 0 spiro atoms. The van der Waals surface area contributed by atoms with Crippen molar-refractivity contribution in [1.82, 2.24) is 0 Å². The Morgan fingerprint density at radius 1 is 1.23 bits per heavy atom. The fourth-order valence-corrected chi connectivity index (χ4v) is 5.61. The molecule has 1 saturated heterocycles. The van der Waals surface area contributed by atoms with Crippen LogP contribution in [0.1, 0.15) is 79.1 Å². The molecule has 1 heterocycles. The van der Waals surface area contributed by atoms with E-state index in [0.29, 0.717) is 19.3 Å². The molecule has 2 bridgehead atoms. The van der Waals surface area contributed by atoms with Crippen molar-refractivity contribution >= 4 is 17.9 Å². The van der Waals surface area contributed by atoms with Gasteiger partial charge in [-0.1, -0.05) is 26.2 Å². The van der Waals surface area contributed by atoms with Gasteiger partial charge >= 0.3 is 17.9 Å². The van der Waals surface area contributed by atoms with E-state index in [9.17, 15) is 14.4 Å². The van der Waals surface area contributed by atoms with Crippen LogP contribution in [-0.2, 0) is 33.3 Å². The maximum atomic E-state index is 13.1. The van der Waals surface area contributed by atoms with Crippen LogP contribution in [0.15, 0.2) is 0 Å². The van der Waals surface area contributed by atoms with E-state index in [4.69, 9.17) is 18.9 Å². The van der Waals surface area contributed by atoms with E-state index in [0.717, 1.165) is 25.7 Å². The summed E-state index contributed by atoms with van der Waals surface area (Å²) in [7, 11) is 0. The summed E-state index contributed by atoms with van der Waals surface area (Å²) >= 11 is 0. The molecule has 6 unspecified atom stereocenters. The zero-order chi connectivity index (χ0) is 21.7. The third kappa shape index (κ3) is 3.43. The molecule has 0 aromatic rings. The number of carbonyl (C=O) groups is 3. The van der Waals surface area contributed by atoms with Gasteiger partial charge in [0.15, 0.2) is 11.7 Å². The summed E-state index contributed by atoms with van der Waals surface area (Å²) in [5.41, 5.74) is -1.87. The van der Waals surface area contributed by atoms with Crippen molar-refractivity contribution in [3.05, 3.63) is 0 Å². The predicted molar refractivity (Wildman–Crippen MR) is 106 cm³/mol. The Hall–Kier alpha value is -1.63. The molecule has 168 valence electrons. The Bertz CT molecular complexity index is 710. The molecule has 0 aromatic heterocycles. The predicted octanol–water partition coefficient (Wildman–Crippen LogP) is 3.52. The Balaban J connectivity index is 1.41. The Morgan fingerprint density at radius 3 is 2.60 bits per heavy atom. The minimum Gasteiger partial charge on any atom is -0.458 e. The highest BCUT2D eigenvalue weighted by atomic mass is 16.7. The molecule has 4 aliphatic rings. The van der Waals surface area contributed by atoms with Crippen LogP contribution < -0.4 is 0 Å². The van der Waals surface area contributed by atoms with Crippen LogP contribution in [0.25, 0.3) is 0 Å². The number of hydrogen-bond acceptors (Lipinski definition) is 7. The average molecular weight is 423 g/mol. The molecule has 0 N–H and O–H groups in total. The molecule has 4 rings (SSSR count). The van der Waals surface area contributed by atoms with Crippen LogP contribution >= 0.6 is 0 Å². The highest BCUT2D eigenvalue weighted by molar-refractivity contribution is 6.03. The van der Waals surface area contributed by atoms with Crippen molar-refractivity contribution in [3.63, 3.8) is 0 Å². The second-order valence-electron chi connectivity index (χ2n) is 10.1. The average Bonchev–Trinajstić information content (AvgIpc) is 3.31. The van der Waals surface area contributed by atoms with Crippen LogP contribution in [0.4, 0.5) is 0 Å². The summed E-state index contributed by atoms with van der Waals surface area (Å²) in [6.45, 7) is 7.35. The van der Waals surface area contributed by atoms with Crippen molar-refractivity contribution < 1.29 is 33.3 Å². The van der Waals surface area contributed by atoms with Crippen LogP contribution in [0.2, 0.25) is 0 Å². The molecule has 1 aliphatic heterocycles. The van der Waals surface area contributed by atoms with Crippen LogP contribution in [0.3, 0.4) is 0 Å². The normalized spacial score (nSPS) is 36.5. The molecule has 7 heteroatoms. The first kappa shape index (κ1) is 21.6. The fraction of sp³-hybridized carbons (Fsp3) is 0.870. The van der Waals surface area contributed by atoms with Gasteiger partial charge in [0.2, 0.25) is 0 Å². The Morgan fingerprint density at radius 2 is 1.93 bits per heavy atom. The van der Waals surface area contributed by atoms with Crippen LogP contribution in [0, 0.1) is 22.7 Å². The number of ether oxygens (including phenoxy) is 4. The monoisotopic (exact) mass is 422 g/mol. The van der Waals surface area contributed by atoms with Gasteiger partial charge < -0.3 is 18.9 Å². The van der Waals surface area contributed by atoms with Crippen molar-refractivity contribution in [3.8, 4) is 0 Å². The van der Waals surface area contributed by atoms with Gasteiger partial charge in [0.05, 0.1) is 11.5 Å². The molecular weight excluding hydrogens is 388 g/mol. The molecular formula is C23H34O7. The van der Waals surface area contributed by atoms with E-state index in [1.165, 1.54) is 6.42 Å². The summed E-state index contributed by atoms with van der Waals surface area (Å²) in [6.07, 6.45) is 5.40. The summed E-state index contributed by atoms with van der Waals surface area (Å²) in [4.78, 5) is 38.5. The van der Waals surface area contributed by atoms with Crippen molar-refractivity contribution in [1.29, 1.82) is 0 Å².